The van der Waals surface area contributed by atoms with Crippen molar-refractivity contribution in [2.75, 3.05) is 11.4 Å². The second-order valence-electron chi connectivity index (χ2n) is 7.14. The highest BCUT2D eigenvalue weighted by molar-refractivity contribution is 14.1. The van der Waals surface area contributed by atoms with Gasteiger partial charge in [-0.05, 0) is 69.8 Å². The summed E-state index contributed by atoms with van der Waals surface area (Å²) in [5.41, 5.74) is 0.430. The Hall–Kier alpha value is -2.56. The van der Waals surface area contributed by atoms with Gasteiger partial charge in [0, 0.05) is 10.1 Å². The molecule has 4 rings (SSSR count). The number of carbonyl (C=O) groups excluding carboxylic acids is 2. The smallest absolute Gasteiger partial charge is 0.252 e. The van der Waals surface area contributed by atoms with Crippen LogP contribution in [0.2, 0.25) is 0 Å². The van der Waals surface area contributed by atoms with E-state index in [1.807, 2.05) is 24.3 Å². The molecule has 0 aromatic heterocycles. The molecule has 1 fully saturated rings. The first-order valence-corrected chi connectivity index (χ1v) is 12.1. The molecule has 6 nitrogen and oxygen atoms in total. The minimum Gasteiger partial charge on any atom is -0.274 e. The highest BCUT2D eigenvalue weighted by Gasteiger charge is 2.46. The maximum atomic E-state index is 13.5. The van der Waals surface area contributed by atoms with E-state index >= 15 is 0 Å². The van der Waals surface area contributed by atoms with Crippen LogP contribution in [0.4, 0.5) is 5.69 Å². The fourth-order valence-corrected chi connectivity index (χ4v) is 5.63. The molecule has 1 aliphatic rings. The molecule has 8 heteroatoms. The molecule has 0 spiro atoms. The van der Waals surface area contributed by atoms with Crippen LogP contribution in [0.1, 0.15) is 6.42 Å². The third-order valence-corrected chi connectivity index (χ3v) is 7.78. The van der Waals surface area contributed by atoms with Crippen LogP contribution >= 0.6 is 22.6 Å². The van der Waals surface area contributed by atoms with E-state index in [9.17, 15) is 18.0 Å². The van der Waals surface area contributed by atoms with Gasteiger partial charge < -0.3 is 0 Å². The lowest BCUT2D eigenvalue weighted by molar-refractivity contribution is -0.122. The Morgan fingerprint density at radius 3 is 2.39 bits per heavy atom. The molecular formula is C23H19IN2O4S. The lowest BCUT2D eigenvalue weighted by Gasteiger charge is -2.26. The monoisotopic (exact) mass is 546 g/mol. The molecule has 1 aliphatic heterocycles. The van der Waals surface area contributed by atoms with Crippen molar-refractivity contribution in [3.63, 3.8) is 0 Å². The zero-order valence-corrected chi connectivity index (χ0v) is 19.4. The largest absolute Gasteiger partial charge is 0.274 e. The molecule has 0 radical (unpaired) electrons. The van der Waals surface area contributed by atoms with Gasteiger partial charge in [-0.25, -0.2) is 13.3 Å². The Labute approximate surface area is 194 Å². The first kappa shape index (κ1) is 21.7. The van der Waals surface area contributed by atoms with Gasteiger partial charge in [-0.2, -0.15) is 4.31 Å². The summed E-state index contributed by atoms with van der Waals surface area (Å²) in [5.74, 6) is -0.989. The quantitative estimate of drug-likeness (QED) is 0.267. The van der Waals surface area contributed by atoms with Crippen LogP contribution < -0.4 is 4.90 Å². The molecule has 31 heavy (non-hydrogen) atoms. The van der Waals surface area contributed by atoms with E-state index in [0.717, 1.165) is 23.5 Å². The van der Waals surface area contributed by atoms with Gasteiger partial charge in [-0.15, -0.1) is 6.58 Å². The van der Waals surface area contributed by atoms with Crippen molar-refractivity contribution in [1.82, 2.24) is 4.31 Å². The van der Waals surface area contributed by atoms with Gasteiger partial charge in [0.1, 0.15) is 6.04 Å². The number of hydrogen-bond acceptors (Lipinski definition) is 4. The van der Waals surface area contributed by atoms with Crippen molar-refractivity contribution in [3.05, 3.63) is 83.0 Å². The van der Waals surface area contributed by atoms with Crippen molar-refractivity contribution in [1.29, 1.82) is 0 Å². The number of sulfonamides is 1. The van der Waals surface area contributed by atoms with Crippen LogP contribution in [0.5, 0.6) is 0 Å². The minimum absolute atomic E-state index is 0.0704. The summed E-state index contributed by atoms with van der Waals surface area (Å²) in [6, 6.07) is 18.1. The molecule has 0 bridgehead atoms. The Balaban J connectivity index is 1.72. The molecule has 2 amide bonds. The van der Waals surface area contributed by atoms with E-state index < -0.39 is 27.9 Å². The molecule has 1 saturated heterocycles. The van der Waals surface area contributed by atoms with Gasteiger partial charge in [0.25, 0.3) is 5.91 Å². The van der Waals surface area contributed by atoms with Gasteiger partial charge in [0.05, 0.1) is 17.0 Å². The molecule has 0 saturated carbocycles. The van der Waals surface area contributed by atoms with Gasteiger partial charge in [0.15, 0.2) is 0 Å². The summed E-state index contributed by atoms with van der Waals surface area (Å²) in [6.07, 6.45) is 1.20. The molecule has 3 aromatic carbocycles. The standard InChI is InChI=1S/C23H19IN2O4S/c1-2-13-25(31(29,30)20-12-7-16-5-3-4-6-17(16)14-20)21-15-22(27)26(23(21)28)19-10-8-18(24)9-11-19/h2-12,14,21H,1,13,15H2. The van der Waals surface area contributed by atoms with Crippen LogP contribution in [-0.4, -0.2) is 37.1 Å². The third-order valence-electron chi connectivity index (χ3n) is 5.19. The van der Waals surface area contributed by atoms with Gasteiger partial charge in [-0.1, -0.05) is 36.4 Å². The number of halogens is 1. The average molecular weight is 546 g/mol. The first-order valence-electron chi connectivity index (χ1n) is 9.57. The Bertz CT molecular complexity index is 1290. The normalized spacial score (nSPS) is 17.0. The van der Waals surface area contributed by atoms with E-state index in [-0.39, 0.29) is 17.9 Å². The zero-order chi connectivity index (χ0) is 22.2. The Morgan fingerprint density at radius 1 is 1.03 bits per heavy atom. The van der Waals surface area contributed by atoms with E-state index in [2.05, 4.69) is 29.2 Å². The van der Waals surface area contributed by atoms with Gasteiger partial charge in [0.2, 0.25) is 15.9 Å². The Morgan fingerprint density at radius 2 is 1.71 bits per heavy atom. The SMILES string of the molecule is C=CCN(C1CC(=O)N(c2ccc(I)cc2)C1=O)S(=O)(=O)c1ccc2ccccc2c1. The average Bonchev–Trinajstić information content (AvgIpc) is 3.05. The molecule has 1 atom stereocenters. The van der Waals surface area contributed by atoms with Crippen LogP contribution in [0, 0.1) is 3.57 Å². The van der Waals surface area contributed by atoms with Gasteiger partial charge >= 0.3 is 0 Å². The predicted molar refractivity (Wildman–Crippen MR) is 128 cm³/mol. The van der Waals surface area contributed by atoms with Crippen molar-refractivity contribution in [3.8, 4) is 0 Å². The van der Waals surface area contributed by atoms with Crippen LogP contribution in [0.25, 0.3) is 10.8 Å². The predicted octanol–water partition coefficient (Wildman–Crippen LogP) is 3.95. The molecule has 1 heterocycles. The maximum absolute atomic E-state index is 13.5. The number of imide groups is 1. The lowest BCUT2D eigenvalue weighted by Crippen LogP contribution is -2.45. The zero-order valence-electron chi connectivity index (χ0n) is 16.4. The highest BCUT2D eigenvalue weighted by atomic mass is 127. The number of anilines is 1. The lowest BCUT2D eigenvalue weighted by atomic mass is 10.1. The maximum Gasteiger partial charge on any atom is 0.252 e. The first-order chi connectivity index (χ1) is 14.8. The van der Waals surface area contributed by atoms with Crippen LogP contribution in [0.15, 0.2) is 84.3 Å². The Kier molecular flexibility index (Phi) is 5.96. The number of benzene rings is 3. The summed E-state index contributed by atoms with van der Waals surface area (Å²) in [6.45, 7) is 3.56. The van der Waals surface area contributed by atoms with Crippen LogP contribution in [0.3, 0.4) is 0 Å². The summed E-state index contributed by atoms with van der Waals surface area (Å²) in [7, 11) is -4.05. The summed E-state index contributed by atoms with van der Waals surface area (Å²) >= 11 is 2.13. The number of carbonyl (C=O) groups is 2. The van der Waals surface area contributed by atoms with E-state index in [1.165, 1.54) is 12.1 Å². The van der Waals surface area contributed by atoms with Crippen molar-refractivity contribution < 1.29 is 18.0 Å². The molecule has 3 aromatic rings. The minimum atomic E-state index is -4.05. The third kappa shape index (κ3) is 4.02. The number of nitrogens with zero attached hydrogens (tertiary/aromatic N) is 2. The second kappa shape index (κ2) is 8.52. The molecule has 0 aliphatic carbocycles. The highest BCUT2D eigenvalue weighted by Crippen LogP contribution is 2.30. The van der Waals surface area contributed by atoms with E-state index in [0.29, 0.717) is 5.69 Å². The van der Waals surface area contributed by atoms with E-state index in [1.54, 1.807) is 36.4 Å². The topological polar surface area (TPSA) is 74.8 Å². The van der Waals surface area contributed by atoms with Crippen molar-refractivity contribution in [2.45, 2.75) is 17.4 Å². The number of amides is 2. The summed E-state index contributed by atoms with van der Waals surface area (Å²) in [5, 5.41) is 1.69. The second-order valence-corrected chi connectivity index (χ2v) is 10.3. The fourth-order valence-electron chi connectivity index (χ4n) is 3.69. The van der Waals surface area contributed by atoms with Crippen LogP contribution in [-0.2, 0) is 19.6 Å². The van der Waals surface area contributed by atoms with Gasteiger partial charge in [-0.3, -0.25) is 9.59 Å². The molecule has 158 valence electrons. The fraction of sp³-hybridized carbons (Fsp3) is 0.130. The van der Waals surface area contributed by atoms with Crippen molar-refractivity contribution in [2.24, 2.45) is 0 Å². The summed E-state index contributed by atoms with van der Waals surface area (Å²) in [4.78, 5) is 27.0. The number of fused-ring (bicyclic) bond motifs is 1. The summed E-state index contributed by atoms with van der Waals surface area (Å²) < 4.78 is 29.0. The van der Waals surface area contributed by atoms with E-state index in [4.69, 9.17) is 0 Å². The molecule has 0 N–H and O–H groups in total. The molecule has 1 unspecified atom stereocenters. The number of hydrogen-bond donors (Lipinski definition) is 0. The molecular weight excluding hydrogens is 527 g/mol. The number of rotatable bonds is 6. The van der Waals surface area contributed by atoms with Crippen molar-refractivity contribution >= 4 is 60.9 Å².